The van der Waals surface area contributed by atoms with E-state index in [0.29, 0.717) is 5.01 Å². The van der Waals surface area contributed by atoms with E-state index in [9.17, 15) is 4.79 Å². The standard InChI is InChI=1S/C6H7IN2O2S/c1-8-4(6(10)11)5-9-2-3(7)12-5/h2,4,8H,1H3,(H,10,11). The topological polar surface area (TPSA) is 62.2 Å². The highest BCUT2D eigenvalue weighted by Crippen LogP contribution is 2.21. The summed E-state index contributed by atoms with van der Waals surface area (Å²) in [5.41, 5.74) is 0. The SMILES string of the molecule is CNC(C(=O)O)c1ncc(I)s1. The number of carboxylic acid groups (broad SMARTS) is 1. The summed E-state index contributed by atoms with van der Waals surface area (Å²) in [5.74, 6) is -0.900. The number of rotatable bonds is 3. The van der Waals surface area contributed by atoms with E-state index in [1.54, 1.807) is 13.2 Å². The van der Waals surface area contributed by atoms with Crippen LogP contribution in [0.15, 0.2) is 6.20 Å². The summed E-state index contributed by atoms with van der Waals surface area (Å²) in [5, 5.41) is 12.0. The normalized spacial score (nSPS) is 12.8. The predicted octanol–water partition coefficient (Wildman–Crippen LogP) is 1.09. The van der Waals surface area contributed by atoms with Gasteiger partial charge in [0.1, 0.15) is 5.01 Å². The van der Waals surface area contributed by atoms with Crippen molar-refractivity contribution in [3.05, 3.63) is 14.1 Å². The maximum absolute atomic E-state index is 10.6. The molecule has 0 spiro atoms. The van der Waals surface area contributed by atoms with Crippen molar-refractivity contribution < 1.29 is 9.90 Å². The number of carbonyl (C=O) groups is 1. The highest BCUT2D eigenvalue weighted by molar-refractivity contribution is 14.1. The van der Waals surface area contributed by atoms with Gasteiger partial charge in [-0.2, -0.15) is 0 Å². The number of thiazole rings is 1. The number of hydrogen-bond donors (Lipinski definition) is 2. The van der Waals surface area contributed by atoms with E-state index < -0.39 is 12.0 Å². The van der Waals surface area contributed by atoms with Gasteiger partial charge in [0.2, 0.25) is 0 Å². The molecule has 1 rings (SSSR count). The Bertz CT molecular complexity index is 289. The van der Waals surface area contributed by atoms with E-state index in [1.807, 2.05) is 0 Å². The zero-order valence-corrected chi connectivity index (χ0v) is 9.22. The minimum Gasteiger partial charge on any atom is -0.480 e. The third kappa shape index (κ3) is 2.14. The first kappa shape index (κ1) is 9.87. The minimum atomic E-state index is -0.900. The summed E-state index contributed by atoms with van der Waals surface area (Å²) < 4.78 is 0.990. The van der Waals surface area contributed by atoms with E-state index in [1.165, 1.54) is 11.3 Å². The molecule has 0 bridgehead atoms. The van der Waals surface area contributed by atoms with Crippen LogP contribution in [0.4, 0.5) is 0 Å². The first-order valence-electron chi connectivity index (χ1n) is 3.16. The van der Waals surface area contributed by atoms with Crippen LogP contribution in [0.5, 0.6) is 0 Å². The maximum atomic E-state index is 10.6. The van der Waals surface area contributed by atoms with E-state index in [-0.39, 0.29) is 0 Å². The molecule has 0 fully saturated rings. The van der Waals surface area contributed by atoms with Crippen LogP contribution in [0.2, 0.25) is 0 Å². The van der Waals surface area contributed by atoms with Crippen LogP contribution in [0.25, 0.3) is 0 Å². The first-order chi connectivity index (χ1) is 5.65. The largest absolute Gasteiger partial charge is 0.480 e. The van der Waals surface area contributed by atoms with Crippen LogP contribution in [0.1, 0.15) is 11.0 Å². The molecule has 66 valence electrons. The van der Waals surface area contributed by atoms with Crippen molar-refractivity contribution in [1.82, 2.24) is 10.3 Å². The number of halogens is 1. The summed E-state index contributed by atoms with van der Waals surface area (Å²) in [6.45, 7) is 0. The zero-order chi connectivity index (χ0) is 9.14. The van der Waals surface area contributed by atoms with Crippen molar-refractivity contribution in [2.75, 3.05) is 7.05 Å². The van der Waals surface area contributed by atoms with Gasteiger partial charge in [-0.15, -0.1) is 11.3 Å². The quantitative estimate of drug-likeness (QED) is 0.820. The van der Waals surface area contributed by atoms with E-state index in [0.717, 1.165) is 2.88 Å². The molecule has 2 N–H and O–H groups in total. The Labute approximate surface area is 87.2 Å². The highest BCUT2D eigenvalue weighted by Gasteiger charge is 2.20. The molecule has 12 heavy (non-hydrogen) atoms. The molecule has 4 nitrogen and oxygen atoms in total. The molecule has 0 amide bonds. The zero-order valence-electron chi connectivity index (χ0n) is 6.24. The average Bonchev–Trinajstić information content (AvgIpc) is 2.37. The fourth-order valence-electron chi connectivity index (χ4n) is 0.753. The number of aliphatic carboxylic acids is 1. The van der Waals surface area contributed by atoms with Gasteiger partial charge in [0.15, 0.2) is 6.04 Å². The summed E-state index contributed by atoms with van der Waals surface area (Å²) in [7, 11) is 1.60. The Morgan fingerprint density at radius 2 is 2.58 bits per heavy atom. The van der Waals surface area contributed by atoms with E-state index >= 15 is 0 Å². The second-order valence-electron chi connectivity index (χ2n) is 2.06. The second kappa shape index (κ2) is 4.15. The lowest BCUT2D eigenvalue weighted by Gasteiger charge is -2.05. The molecule has 0 aliphatic rings. The van der Waals surface area contributed by atoms with Gasteiger partial charge in [-0.3, -0.25) is 4.79 Å². The van der Waals surface area contributed by atoms with Crippen molar-refractivity contribution in [3.8, 4) is 0 Å². The maximum Gasteiger partial charge on any atom is 0.327 e. The fraction of sp³-hybridized carbons (Fsp3) is 0.333. The van der Waals surface area contributed by atoms with Crippen LogP contribution in [0.3, 0.4) is 0 Å². The summed E-state index contributed by atoms with van der Waals surface area (Å²) in [6.07, 6.45) is 1.66. The molecule has 6 heteroatoms. The van der Waals surface area contributed by atoms with E-state index in [4.69, 9.17) is 5.11 Å². The van der Waals surface area contributed by atoms with Crippen LogP contribution >= 0.6 is 33.9 Å². The number of carboxylic acids is 1. The molecule has 0 radical (unpaired) electrons. The number of likely N-dealkylation sites (N-methyl/N-ethyl adjacent to an activating group) is 1. The molecule has 1 aromatic heterocycles. The Hall–Kier alpha value is -0.210. The second-order valence-corrected chi connectivity index (χ2v) is 5.02. The van der Waals surface area contributed by atoms with Gasteiger partial charge >= 0.3 is 5.97 Å². The fourth-order valence-corrected chi connectivity index (χ4v) is 2.32. The molecule has 1 unspecified atom stereocenters. The molecule has 1 atom stereocenters. The van der Waals surface area contributed by atoms with Crippen LogP contribution < -0.4 is 5.32 Å². The molecule has 1 heterocycles. The number of aromatic nitrogens is 1. The van der Waals surface area contributed by atoms with E-state index in [2.05, 4.69) is 32.9 Å². The van der Waals surface area contributed by atoms with Gasteiger partial charge < -0.3 is 10.4 Å². The van der Waals surface area contributed by atoms with Crippen molar-refractivity contribution in [2.24, 2.45) is 0 Å². The average molecular weight is 298 g/mol. The molecule has 0 saturated carbocycles. The lowest BCUT2D eigenvalue weighted by atomic mass is 10.3. The third-order valence-corrected chi connectivity index (χ3v) is 3.07. The molecule has 1 aromatic rings. The van der Waals surface area contributed by atoms with Crippen molar-refractivity contribution in [2.45, 2.75) is 6.04 Å². The minimum absolute atomic E-state index is 0.592. The molecule has 0 saturated heterocycles. The first-order valence-corrected chi connectivity index (χ1v) is 5.06. The molecular weight excluding hydrogens is 291 g/mol. The summed E-state index contributed by atoms with van der Waals surface area (Å²) in [4.78, 5) is 14.6. The van der Waals surface area contributed by atoms with Crippen molar-refractivity contribution >= 4 is 39.9 Å². The Kier molecular flexibility index (Phi) is 3.41. The van der Waals surface area contributed by atoms with Gasteiger partial charge in [-0.25, -0.2) is 4.98 Å². The smallest absolute Gasteiger partial charge is 0.327 e. The number of nitrogens with one attached hydrogen (secondary N) is 1. The lowest BCUT2D eigenvalue weighted by Crippen LogP contribution is -2.24. The molecular formula is C6H7IN2O2S. The summed E-state index contributed by atoms with van der Waals surface area (Å²) in [6, 6.07) is -0.682. The van der Waals surface area contributed by atoms with Crippen molar-refractivity contribution in [1.29, 1.82) is 0 Å². The van der Waals surface area contributed by atoms with Gasteiger partial charge in [-0.05, 0) is 29.6 Å². The third-order valence-electron chi connectivity index (χ3n) is 1.28. The van der Waals surface area contributed by atoms with Crippen LogP contribution in [0, 0.1) is 2.88 Å². The van der Waals surface area contributed by atoms with Crippen molar-refractivity contribution in [3.63, 3.8) is 0 Å². The van der Waals surface area contributed by atoms with Crippen LogP contribution in [-0.2, 0) is 4.79 Å². The molecule has 0 aliphatic carbocycles. The van der Waals surface area contributed by atoms with Gasteiger partial charge in [0, 0.05) is 0 Å². The lowest BCUT2D eigenvalue weighted by molar-refractivity contribution is -0.139. The van der Waals surface area contributed by atoms with Gasteiger partial charge in [-0.1, -0.05) is 0 Å². The number of hydrogen-bond acceptors (Lipinski definition) is 4. The molecule has 0 aliphatic heterocycles. The highest BCUT2D eigenvalue weighted by atomic mass is 127. The summed E-state index contributed by atoms with van der Waals surface area (Å²) >= 11 is 3.49. The Morgan fingerprint density at radius 1 is 1.92 bits per heavy atom. The van der Waals surface area contributed by atoms with Crippen LogP contribution in [-0.4, -0.2) is 23.1 Å². The van der Waals surface area contributed by atoms with Gasteiger partial charge in [0.05, 0.1) is 9.08 Å². The number of nitrogens with zero attached hydrogens (tertiary/aromatic N) is 1. The predicted molar refractivity (Wildman–Crippen MR) is 54.3 cm³/mol. The van der Waals surface area contributed by atoms with Gasteiger partial charge in [0.25, 0.3) is 0 Å². The Balaban J connectivity index is 2.87. The monoisotopic (exact) mass is 298 g/mol. The molecule has 0 aromatic carbocycles. The Morgan fingerprint density at radius 3 is 2.92 bits per heavy atom.